The third-order valence-corrected chi connectivity index (χ3v) is 5.00. The lowest BCUT2D eigenvalue weighted by Gasteiger charge is -2.29. The van der Waals surface area contributed by atoms with Gasteiger partial charge in [-0.15, -0.1) is 0 Å². The second kappa shape index (κ2) is 4.99. The number of amides is 1. The molecule has 3 rings (SSSR count). The molecule has 1 unspecified atom stereocenters. The molecule has 1 amide bonds. The van der Waals surface area contributed by atoms with Crippen molar-refractivity contribution in [2.45, 2.75) is 36.1 Å². The number of rotatable bonds is 3. The number of likely N-dealkylation sites (N-methyl/N-ethyl adjacent to an activating group) is 1. The molecule has 0 radical (unpaired) electrons. The molecule has 1 aliphatic heterocycles. The summed E-state index contributed by atoms with van der Waals surface area (Å²) in [6, 6.07) is 4.77. The van der Waals surface area contributed by atoms with Gasteiger partial charge in [-0.25, -0.2) is 13.6 Å². The molecule has 114 valence electrons. The maximum Gasteiger partial charge on any atom is 0.238 e. The van der Waals surface area contributed by atoms with Gasteiger partial charge in [0, 0.05) is 18.7 Å². The van der Waals surface area contributed by atoms with Crippen molar-refractivity contribution in [1.29, 1.82) is 0 Å². The highest BCUT2D eigenvalue weighted by Crippen LogP contribution is 2.38. The summed E-state index contributed by atoms with van der Waals surface area (Å²) in [5, 5.41) is 5.17. The van der Waals surface area contributed by atoms with Gasteiger partial charge < -0.3 is 9.64 Å². The number of nitrogens with zero attached hydrogens (tertiary/aromatic N) is 1. The van der Waals surface area contributed by atoms with Crippen molar-refractivity contribution in [3.05, 3.63) is 23.8 Å². The molecule has 1 aliphatic carbocycles. The normalized spacial score (nSPS) is 21.3. The van der Waals surface area contributed by atoms with Crippen LogP contribution >= 0.6 is 0 Å². The Morgan fingerprint density at radius 2 is 2.05 bits per heavy atom. The van der Waals surface area contributed by atoms with Crippen LogP contribution in [0.4, 0.5) is 0 Å². The topological polar surface area (TPSA) is 89.7 Å². The predicted molar refractivity (Wildman–Crippen MR) is 76.5 cm³/mol. The molecule has 0 aromatic heterocycles. The molecule has 21 heavy (non-hydrogen) atoms. The van der Waals surface area contributed by atoms with Crippen LogP contribution in [0.25, 0.3) is 0 Å². The standard InChI is InChI=1S/C14H18N2O4S/c1-16(9-2-3-9)14(17)11-6-7-20-13-5-4-10(8-12(11)13)21(15,18)19/h4-5,8-9,11H,2-3,6-7H2,1H3,(H2,15,18,19). The van der Waals surface area contributed by atoms with E-state index in [0.717, 1.165) is 12.8 Å². The number of benzene rings is 1. The maximum atomic E-state index is 12.6. The summed E-state index contributed by atoms with van der Waals surface area (Å²) >= 11 is 0. The fraction of sp³-hybridized carbons (Fsp3) is 0.500. The van der Waals surface area contributed by atoms with Gasteiger partial charge in [0.25, 0.3) is 0 Å². The first-order valence-corrected chi connectivity index (χ1v) is 8.49. The van der Waals surface area contributed by atoms with Crippen molar-refractivity contribution in [3.63, 3.8) is 0 Å². The van der Waals surface area contributed by atoms with Crippen molar-refractivity contribution in [2.75, 3.05) is 13.7 Å². The summed E-state index contributed by atoms with van der Waals surface area (Å²) in [6.45, 7) is 0.455. The van der Waals surface area contributed by atoms with E-state index in [-0.39, 0.29) is 16.7 Å². The lowest BCUT2D eigenvalue weighted by Crippen LogP contribution is -2.35. The number of hydrogen-bond donors (Lipinski definition) is 1. The lowest BCUT2D eigenvalue weighted by molar-refractivity contribution is -0.132. The fourth-order valence-electron chi connectivity index (χ4n) is 2.69. The van der Waals surface area contributed by atoms with Crippen molar-refractivity contribution in [1.82, 2.24) is 4.90 Å². The van der Waals surface area contributed by atoms with Crippen LogP contribution in [0.5, 0.6) is 5.75 Å². The van der Waals surface area contributed by atoms with E-state index in [1.165, 1.54) is 12.1 Å². The average molecular weight is 310 g/mol. The van der Waals surface area contributed by atoms with Crippen LogP contribution in [-0.2, 0) is 14.8 Å². The Hall–Kier alpha value is -1.60. The summed E-state index contributed by atoms with van der Waals surface area (Å²) in [5.41, 5.74) is 0.616. The minimum absolute atomic E-state index is 0.0126. The number of primary sulfonamides is 1. The van der Waals surface area contributed by atoms with Crippen molar-refractivity contribution < 1.29 is 17.9 Å². The largest absolute Gasteiger partial charge is 0.493 e. The monoisotopic (exact) mass is 310 g/mol. The van der Waals surface area contributed by atoms with Gasteiger partial charge in [0.1, 0.15) is 5.75 Å². The Kier molecular flexibility index (Phi) is 3.41. The number of carbonyl (C=O) groups excluding carboxylic acids is 1. The van der Waals surface area contributed by atoms with Crippen molar-refractivity contribution in [2.24, 2.45) is 5.14 Å². The first-order chi connectivity index (χ1) is 9.88. The smallest absolute Gasteiger partial charge is 0.238 e. The third-order valence-electron chi connectivity index (χ3n) is 4.09. The van der Waals surface area contributed by atoms with Crippen LogP contribution < -0.4 is 9.88 Å². The van der Waals surface area contributed by atoms with Gasteiger partial charge in [-0.3, -0.25) is 4.79 Å². The molecule has 1 atom stereocenters. The molecular weight excluding hydrogens is 292 g/mol. The molecule has 6 nitrogen and oxygen atoms in total. The van der Waals surface area contributed by atoms with Crippen LogP contribution in [-0.4, -0.2) is 38.9 Å². The molecule has 2 N–H and O–H groups in total. The van der Waals surface area contributed by atoms with Crippen LogP contribution in [0, 0.1) is 0 Å². The molecule has 2 aliphatic rings. The van der Waals surface area contributed by atoms with Crippen LogP contribution in [0.3, 0.4) is 0 Å². The van der Waals surface area contributed by atoms with E-state index < -0.39 is 10.0 Å². The van der Waals surface area contributed by atoms with Gasteiger partial charge in [0.05, 0.1) is 17.4 Å². The van der Waals surface area contributed by atoms with Gasteiger partial charge in [0.15, 0.2) is 0 Å². The second-order valence-corrected chi connectivity index (χ2v) is 7.18. The van der Waals surface area contributed by atoms with Crippen molar-refractivity contribution in [3.8, 4) is 5.75 Å². The molecule has 0 spiro atoms. The highest BCUT2D eigenvalue weighted by atomic mass is 32.2. The number of fused-ring (bicyclic) bond motifs is 1. The molecule has 7 heteroatoms. The second-order valence-electron chi connectivity index (χ2n) is 5.61. The number of nitrogens with two attached hydrogens (primary N) is 1. The molecule has 1 saturated carbocycles. The predicted octanol–water partition coefficient (Wildman–Crippen LogP) is 0.821. The zero-order chi connectivity index (χ0) is 15.2. The van der Waals surface area contributed by atoms with E-state index in [2.05, 4.69) is 0 Å². The molecule has 1 fully saturated rings. The Labute approximate surface area is 123 Å². The minimum Gasteiger partial charge on any atom is -0.493 e. The molecular formula is C14H18N2O4S. The van der Waals surface area contributed by atoms with E-state index in [1.807, 2.05) is 0 Å². The molecule has 1 aromatic carbocycles. The number of ether oxygens (including phenoxy) is 1. The van der Waals surface area contributed by atoms with Crippen LogP contribution in [0.2, 0.25) is 0 Å². The number of hydrogen-bond acceptors (Lipinski definition) is 4. The quantitative estimate of drug-likeness (QED) is 0.895. The summed E-state index contributed by atoms with van der Waals surface area (Å²) < 4.78 is 28.5. The summed E-state index contributed by atoms with van der Waals surface area (Å²) in [7, 11) is -1.99. The highest BCUT2D eigenvalue weighted by Gasteiger charge is 2.36. The molecule has 0 bridgehead atoms. The Bertz CT molecular complexity index is 682. The first-order valence-electron chi connectivity index (χ1n) is 6.94. The Morgan fingerprint density at radius 3 is 2.67 bits per heavy atom. The highest BCUT2D eigenvalue weighted by molar-refractivity contribution is 7.89. The van der Waals surface area contributed by atoms with Crippen LogP contribution in [0.1, 0.15) is 30.7 Å². The molecule has 0 saturated heterocycles. The fourth-order valence-corrected chi connectivity index (χ4v) is 3.24. The Balaban J connectivity index is 1.97. The van der Waals surface area contributed by atoms with Gasteiger partial charge >= 0.3 is 0 Å². The zero-order valence-corrected chi connectivity index (χ0v) is 12.6. The van der Waals surface area contributed by atoms with Crippen molar-refractivity contribution >= 4 is 15.9 Å². The average Bonchev–Trinajstić information content (AvgIpc) is 3.28. The maximum absolute atomic E-state index is 12.6. The zero-order valence-electron chi connectivity index (χ0n) is 11.8. The Morgan fingerprint density at radius 1 is 1.33 bits per heavy atom. The molecule has 1 aromatic rings. The van der Waals surface area contributed by atoms with E-state index in [0.29, 0.717) is 30.4 Å². The third kappa shape index (κ3) is 2.75. The van der Waals surface area contributed by atoms with E-state index in [1.54, 1.807) is 18.0 Å². The number of carbonyl (C=O) groups is 1. The van der Waals surface area contributed by atoms with E-state index in [4.69, 9.17) is 9.88 Å². The van der Waals surface area contributed by atoms with Crippen LogP contribution in [0.15, 0.2) is 23.1 Å². The summed E-state index contributed by atoms with van der Waals surface area (Å²) in [4.78, 5) is 14.4. The molecule has 1 heterocycles. The van der Waals surface area contributed by atoms with Gasteiger partial charge in [0.2, 0.25) is 15.9 Å². The summed E-state index contributed by atoms with van der Waals surface area (Å²) in [5.74, 6) is 0.228. The van der Waals surface area contributed by atoms with Gasteiger partial charge in [-0.1, -0.05) is 0 Å². The SMILES string of the molecule is CN(C(=O)C1CCOc2ccc(S(N)(=O)=O)cc21)C1CC1. The van der Waals surface area contributed by atoms with Gasteiger partial charge in [-0.05, 0) is 37.5 Å². The minimum atomic E-state index is -3.79. The number of sulfonamides is 1. The summed E-state index contributed by atoms with van der Waals surface area (Å²) in [6.07, 6.45) is 2.63. The lowest BCUT2D eigenvalue weighted by atomic mass is 9.92. The van der Waals surface area contributed by atoms with E-state index >= 15 is 0 Å². The first kappa shape index (κ1) is 14.3. The van der Waals surface area contributed by atoms with Gasteiger partial charge in [-0.2, -0.15) is 0 Å². The van der Waals surface area contributed by atoms with E-state index in [9.17, 15) is 13.2 Å².